The van der Waals surface area contributed by atoms with Crippen LogP contribution >= 0.6 is 0 Å². The molecular weight excluding hydrogens is 678 g/mol. The Kier molecular flexibility index (Phi) is 11.8. The molecule has 0 amide bonds. The Hall–Kier alpha value is -3.25. The van der Waals surface area contributed by atoms with Gasteiger partial charge in [0.25, 0.3) is 0 Å². The number of halogens is 3. The second-order valence-corrected chi connectivity index (χ2v) is 17.7. The van der Waals surface area contributed by atoms with Crippen LogP contribution in [0, 0.1) is 12.3 Å². The zero-order valence-electron chi connectivity index (χ0n) is 29.5. The number of anilines is 1. The van der Waals surface area contributed by atoms with Crippen molar-refractivity contribution < 1.29 is 31.4 Å². The van der Waals surface area contributed by atoms with Crippen molar-refractivity contribution in [2.45, 2.75) is 116 Å². The number of aromatic nitrogens is 3. The summed E-state index contributed by atoms with van der Waals surface area (Å²) in [7, 11) is -3.05. The molecule has 2 atom stereocenters. The Labute approximate surface area is 301 Å². The van der Waals surface area contributed by atoms with Crippen molar-refractivity contribution in [3.05, 3.63) is 75.9 Å². The first kappa shape index (κ1) is 39.0. The molecule has 0 unspecified atom stereocenters. The van der Waals surface area contributed by atoms with E-state index in [0.717, 1.165) is 16.8 Å². The van der Waals surface area contributed by atoms with Crippen LogP contribution in [0.4, 0.5) is 19.1 Å². The number of alkyl halides is 3. The average molecular weight is 731 g/mol. The summed E-state index contributed by atoms with van der Waals surface area (Å²) in [6.45, 7) is 7.62. The smallest absolute Gasteiger partial charge is 0.248 e. The van der Waals surface area contributed by atoms with E-state index in [9.17, 15) is 22.3 Å². The van der Waals surface area contributed by atoms with Crippen LogP contribution in [0.5, 0.6) is 5.75 Å². The lowest BCUT2D eigenvalue weighted by Gasteiger charge is -2.41. The highest BCUT2D eigenvalue weighted by Crippen LogP contribution is 2.52. The molecule has 3 heterocycles. The monoisotopic (exact) mass is 730 g/mol. The van der Waals surface area contributed by atoms with E-state index in [0.29, 0.717) is 79.3 Å². The van der Waals surface area contributed by atoms with Gasteiger partial charge in [0.1, 0.15) is 9.84 Å². The normalized spacial score (nSPS) is 21.4. The molecule has 1 saturated heterocycles. The molecule has 8 nitrogen and oxygen atoms in total. The number of aryl methyl sites for hydroxylation is 1. The molecule has 0 bridgehead atoms. The number of benzene rings is 1. The molecule has 2 aromatic heterocycles. The quantitative estimate of drug-likeness (QED) is 0.208. The predicted molar refractivity (Wildman–Crippen MR) is 194 cm³/mol. The van der Waals surface area contributed by atoms with Crippen molar-refractivity contribution in [2.24, 2.45) is 5.41 Å². The predicted octanol–water partition coefficient (Wildman–Crippen LogP) is 8.37. The maximum atomic E-state index is 17.2. The van der Waals surface area contributed by atoms with Crippen LogP contribution in [0.1, 0.15) is 136 Å². The zero-order chi connectivity index (χ0) is 35.8. The van der Waals surface area contributed by atoms with E-state index in [2.05, 4.69) is 28.7 Å². The second kappa shape index (κ2) is 15.4. The summed E-state index contributed by atoms with van der Waals surface area (Å²) >= 11 is 0. The summed E-state index contributed by atoms with van der Waals surface area (Å²) in [4.78, 5) is 16.3. The van der Waals surface area contributed by atoms with Crippen molar-refractivity contribution >= 4 is 15.8 Å². The number of nitrogens with zero attached hydrogens (tertiary/aromatic N) is 4. The molecule has 1 aromatic carbocycles. The summed E-state index contributed by atoms with van der Waals surface area (Å²) in [5.74, 6) is -2.06. The lowest BCUT2D eigenvalue weighted by molar-refractivity contribution is -0.0385. The first-order valence-corrected chi connectivity index (χ1v) is 19.9. The minimum Gasteiger partial charge on any atom is -0.490 e. The number of sulfone groups is 1. The van der Waals surface area contributed by atoms with Crippen LogP contribution in [0.25, 0.3) is 0 Å². The molecule has 1 aliphatic heterocycles. The molecule has 0 spiro atoms. The highest BCUT2D eigenvalue weighted by atomic mass is 32.2. The highest BCUT2D eigenvalue weighted by molar-refractivity contribution is 7.90. The number of ether oxygens (including phenoxy) is 1. The van der Waals surface area contributed by atoms with Gasteiger partial charge >= 0.3 is 0 Å². The summed E-state index contributed by atoms with van der Waals surface area (Å²) < 4.78 is 74.6. The van der Waals surface area contributed by atoms with E-state index in [1.54, 1.807) is 24.5 Å². The molecule has 3 aliphatic rings. The Morgan fingerprint density at radius 1 is 1.00 bits per heavy atom. The molecule has 51 heavy (non-hydrogen) atoms. The van der Waals surface area contributed by atoms with E-state index in [4.69, 9.17) is 9.72 Å². The Balaban J connectivity index is 0.00000504. The van der Waals surface area contributed by atoms with Gasteiger partial charge in [0.15, 0.2) is 11.9 Å². The number of rotatable bonds is 10. The highest BCUT2D eigenvalue weighted by Gasteiger charge is 2.43. The molecule has 3 aromatic rings. The number of aliphatic hydroxyl groups is 1. The van der Waals surface area contributed by atoms with Gasteiger partial charge in [0.2, 0.25) is 11.9 Å². The number of hydrogen-bond donors (Lipinski definition) is 1. The van der Waals surface area contributed by atoms with Crippen LogP contribution in [0.3, 0.4) is 0 Å². The van der Waals surface area contributed by atoms with E-state index < -0.39 is 28.0 Å². The fraction of sp³-hybridized carbons (Fsp3) is 0.615. The molecular formula is C39H53F3N4O4S. The Morgan fingerprint density at radius 3 is 2.24 bits per heavy atom. The van der Waals surface area contributed by atoms with Crippen molar-refractivity contribution in [1.82, 2.24) is 15.0 Å². The third-order valence-electron chi connectivity index (χ3n) is 10.6. The molecule has 1 saturated carbocycles. The first-order valence-electron chi connectivity index (χ1n) is 17.8. The molecule has 6 rings (SSSR count). The first-order chi connectivity index (χ1) is 23.6. The largest absolute Gasteiger partial charge is 0.490 e. The average Bonchev–Trinajstić information content (AvgIpc) is 3.05. The molecule has 12 heteroatoms. The van der Waals surface area contributed by atoms with Gasteiger partial charge in [-0.1, -0.05) is 51.1 Å². The maximum Gasteiger partial charge on any atom is 0.248 e. The summed E-state index contributed by atoms with van der Waals surface area (Å²) in [6, 6.07) is 7.35. The third-order valence-corrected chi connectivity index (χ3v) is 11.6. The zero-order valence-corrected chi connectivity index (χ0v) is 30.3. The summed E-state index contributed by atoms with van der Waals surface area (Å²) in [6.07, 6.45) is 4.80. The summed E-state index contributed by atoms with van der Waals surface area (Å²) in [5.41, 5.74) is 4.60. The van der Waals surface area contributed by atoms with E-state index >= 15 is 4.39 Å². The van der Waals surface area contributed by atoms with E-state index in [1.165, 1.54) is 6.26 Å². The Bertz CT molecular complexity index is 1750. The standard InChI is InChI=1S/C38H49F3N4O4S.CH4/c1-24-6-8-26(9-7-24)34(39)33-31(25-10-14-38(40,41)15-11-25)32-29(20-37(2,3)21-30(32)46)44-35(33)27-12-16-45(17-13-27)36-42-22-28(23-43-36)49-18-5-19-50(4,47)48;/h6-9,22-23,25,27,30,34,46H,5,10-21H2,1-4H3;1H4/t30-,34-;/m0./s1. The van der Waals surface area contributed by atoms with Gasteiger partial charge in [0.05, 0.1) is 36.6 Å². The minimum atomic E-state index is -3.05. The molecule has 2 aliphatic carbocycles. The maximum absolute atomic E-state index is 17.2. The topological polar surface area (TPSA) is 106 Å². The van der Waals surface area contributed by atoms with E-state index in [1.807, 2.05) is 19.1 Å². The number of fused-ring (bicyclic) bond motifs is 1. The Morgan fingerprint density at radius 2 is 1.63 bits per heavy atom. The third kappa shape index (κ3) is 9.22. The molecule has 1 N–H and O–H groups in total. The number of piperidine rings is 1. The van der Waals surface area contributed by atoms with Crippen LogP contribution in [-0.4, -0.2) is 66.1 Å². The van der Waals surface area contributed by atoms with Crippen molar-refractivity contribution in [3.8, 4) is 5.75 Å². The van der Waals surface area contributed by atoms with E-state index in [-0.39, 0.29) is 62.7 Å². The van der Waals surface area contributed by atoms with Crippen LogP contribution in [0.2, 0.25) is 0 Å². The van der Waals surface area contributed by atoms with Crippen molar-refractivity contribution in [2.75, 3.05) is 36.6 Å². The van der Waals surface area contributed by atoms with Gasteiger partial charge in [-0.05, 0) is 74.3 Å². The van der Waals surface area contributed by atoms with Gasteiger partial charge in [-0.3, -0.25) is 4.98 Å². The number of hydrogen-bond acceptors (Lipinski definition) is 8. The van der Waals surface area contributed by atoms with Crippen molar-refractivity contribution in [3.63, 3.8) is 0 Å². The molecule has 0 radical (unpaired) electrons. The molecule has 2 fully saturated rings. The van der Waals surface area contributed by atoms with Gasteiger partial charge in [-0.25, -0.2) is 31.6 Å². The fourth-order valence-electron chi connectivity index (χ4n) is 8.02. The van der Waals surface area contributed by atoms with Gasteiger partial charge in [0, 0.05) is 54.9 Å². The fourth-order valence-corrected chi connectivity index (χ4v) is 8.66. The van der Waals surface area contributed by atoms with Crippen LogP contribution < -0.4 is 9.64 Å². The van der Waals surface area contributed by atoms with Gasteiger partial charge in [-0.2, -0.15) is 0 Å². The second-order valence-electron chi connectivity index (χ2n) is 15.5. The summed E-state index contributed by atoms with van der Waals surface area (Å²) in [5, 5.41) is 11.6. The van der Waals surface area contributed by atoms with Gasteiger partial charge < -0.3 is 14.7 Å². The van der Waals surface area contributed by atoms with Crippen LogP contribution in [-0.2, 0) is 16.3 Å². The van der Waals surface area contributed by atoms with Crippen LogP contribution in [0.15, 0.2) is 36.7 Å². The SMILES string of the molecule is C.Cc1ccc([C@H](F)c2c(C3CCN(c4ncc(OCCCS(C)(=O)=O)cn4)CC3)nc3c(c2C2CCC(F)(F)CC2)[C@@H](O)CC(C)(C)C3)cc1. The number of pyridine rings is 1. The lowest BCUT2D eigenvalue weighted by atomic mass is 9.68. The van der Waals surface area contributed by atoms with Gasteiger partial charge in [-0.15, -0.1) is 0 Å². The lowest BCUT2D eigenvalue weighted by Crippen LogP contribution is -2.36. The number of aliphatic hydroxyl groups excluding tert-OH is 1. The molecule has 280 valence electrons. The minimum absolute atomic E-state index is 0. The van der Waals surface area contributed by atoms with Crippen molar-refractivity contribution in [1.29, 1.82) is 0 Å².